The van der Waals surface area contributed by atoms with E-state index in [2.05, 4.69) is 20.8 Å². The molecule has 2 nitrogen and oxygen atoms in total. The van der Waals surface area contributed by atoms with Crippen molar-refractivity contribution in [2.45, 2.75) is 136 Å². The highest BCUT2D eigenvalue weighted by atomic mass is 16.5. The van der Waals surface area contributed by atoms with Gasteiger partial charge in [-0.15, -0.1) is 0 Å². The fourth-order valence-corrected chi connectivity index (χ4v) is 3.61. The highest BCUT2D eigenvalue weighted by Crippen LogP contribution is 2.21. The Bertz CT molecular complexity index is 288. The fourth-order valence-electron chi connectivity index (χ4n) is 3.61. The second-order valence-electron chi connectivity index (χ2n) is 8.06. The van der Waals surface area contributed by atoms with Crippen molar-refractivity contribution in [1.82, 2.24) is 0 Å². The molecule has 0 spiro atoms. The number of carbonyl (C=O) groups is 1. The SMILES string of the molecule is CCCCCCC(CC)CCCCCCCCCOC(=O)CCCCC. The molecule has 156 valence electrons. The maximum atomic E-state index is 11.5. The zero-order valence-corrected chi connectivity index (χ0v) is 18.3. The van der Waals surface area contributed by atoms with Crippen LogP contribution in [-0.4, -0.2) is 12.6 Å². The van der Waals surface area contributed by atoms with Gasteiger partial charge in [0.25, 0.3) is 0 Å². The van der Waals surface area contributed by atoms with Gasteiger partial charge in [0.1, 0.15) is 0 Å². The molecular weight excluding hydrogens is 320 g/mol. The summed E-state index contributed by atoms with van der Waals surface area (Å²) in [6.07, 6.45) is 22.8. The molecule has 0 fully saturated rings. The summed E-state index contributed by atoms with van der Waals surface area (Å²) in [7, 11) is 0. The molecule has 0 amide bonds. The smallest absolute Gasteiger partial charge is 0.305 e. The van der Waals surface area contributed by atoms with E-state index >= 15 is 0 Å². The van der Waals surface area contributed by atoms with Gasteiger partial charge in [0.15, 0.2) is 0 Å². The average molecular weight is 369 g/mol. The van der Waals surface area contributed by atoms with Crippen LogP contribution in [0.1, 0.15) is 136 Å². The van der Waals surface area contributed by atoms with Crippen molar-refractivity contribution < 1.29 is 9.53 Å². The average Bonchev–Trinajstić information content (AvgIpc) is 2.65. The van der Waals surface area contributed by atoms with Gasteiger partial charge in [-0.2, -0.15) is 0 Å². The van der Waals surface area contributed by atoms with Crippen LogP contribution >= 0.6 is 0 Å². The van der Waals surface area contributed by atoms with Crippen LogP contribution in [-0.2, 0) is 9.53 Å². The number of esters is 1. The maximum Gasteiger partial charge on any atom is 0.305 e. The Morgan fingerprint density at radius 3 is 1.73 bits per heavy atom. The predicted molar refractivity (Wildman–Crippen MR) is 115 cm³/mol. The zero-order valence-electron chi connectivity index (χ0n) is 18.3. The van der Waals surface area contributed by atoms with Gasteiger partial charge in [-0.25, -0.2) is 0 Å². The van der Waals surface area contributed by atoms with Crippen LogP contribution < -0.4 is 0 Å². The molecule has 1 unspecified atom stereocenters. The quantitative estimate of drug-likeness (QED) is 0.160. The van der Waals surface area contributed by atoms with E-state index in [4.69, 9.17) is 4.74 Å². The van der Waals surface area contributed by atoms with Gasteiger partial charge >= 0.3 is 5.97 Å². The highest BCUT2D eigenvalue weighted by Gasteiger charge is 2.06. The lowest BCUT2D eigenvalue weighted by Gasteiger charge is -2.14. The Labute approximate surface area is 164 Å². The Kier molecular flexibility index (Phi) is 20.4. The molecule has 26 heavy (non-hydrogen) atoms. The van der Waals surface area contributed by atoms with E-state index in [1.807, 2.05) is 0 Å². The minimum absolute atomic E-state index is 0.00128. The summed E-state index contributed by atoms with van der Waals surface area (Å²) >= 11 is 0. The topological polar surface area (TPSA) is 26.3 Å². The fraction of sp³-hybridized carbons (Fsp3) is 0.958. The summed E-state index contributed by atoms with van der Waals surface area (Å²) in [6.45, 7) is 7.43. The van der Waals surface area contributed by atoms with E-state index in [-0.39, 0.29) is 5.97 Å². The van der Waals surface area contributed by atoms with Crippen molar-refractivity contribution in [3.63, 3.8) is 0 Å². The molecule has 0 saturated carbocycles. The van der Waals surface area contributed by atoms with Crippen molar-refractivity contribution in [2.24, 2.45) is 5.92 Å². The minimum atomic E-state index is -0.00128. The van der Waals surface area contributed by atoms with Gasteiger partial charge in [-0.1, -0.05) is 117 Å². The monoisotopic (exact) mass is 368 g/mol. The summed E-state index contributed by atoms with van der Waals surface area (Å²) in [5.74, 6) is 0.970. The summed E-state index contributed by atoms with van der Waals surface area (Å²) < 4.78 is 5.28. The lowest BCUT2D eigenvalue weighted by molar-refractivity contribution is -0.143. The molecule has 1 atom stereocenters. The Morgan fingerprint density at radius 2 is 1.15 bits per heavy atom. The second kappa shape index (κ2) is 20.8. The second-order valence-corrected chi connectivity index (χ2v) is 8.06. The number of carbonyl (C=O) groups excluding carboxylic acids is 1. The van der Waals surface area contributed by atoms with Crippen molar-refractivity contribution >= 4 is 5.97 Å². The molecule has 0 bridgehead atoms. The van der Waals surface area contributed by atoms with Gasteiger partial charge in [0.05, 0.1) is 6.61 Å². The van der Waals surface area contributed by atoms with Gasteiger partial charge in [0, 0.05) is 6.42 Å². The van der Waals surface area contributed by atoms with Crippen LogP contribution in [0, 0.1) is 5.92 Å². The summed E-state index contributed by atoms with van der Waals surface area (Å²) in [5, 5.41) is 0. The van der Waals surface area contributed by atoms with Crippen LogP contribution in [0.4, 0.5) is 0 Å². The first kappa shape index (κ1) is 25.5. The number of hydrogen-bond donors (Lipinski definition) is 0. The predicted octanol–water partition coefficient (Wildman–Crippen LogP) is 8.23. The highest BCUT2D eigenvalue weighted by molar-refractivity contribution is 5.69. The third kappa shape index (κ3) is 18.3. The normalized spacial score (nSPS) is 12.3. The number of hydrogen-bond acceptors (Lipinski definition) is 2. The number of unbranched alkanes of at least 4 members (excludes halogenated alkanes) is 11. The van der Waals surface area contributed by atoms with Crippen LogP contribution in [0.15, 0.2) is 0 Å². The van der Waals surface area contributed by atoms with Crippen molar-refractivity contribution in [1.29, 1.82) is 0 Å². The standard InChI is InChI=1S/C24H48O2/c1-4-7-9-16-19-23(6-3)20-17-13-11-10-12-14-18-22-26-24(25)21-15-8-5-2/h23H,4-22H2,1-3H3. The number of rotatable bonds is 20. The van der Waals surface area contributed by atoms with Crippen molar-refractivity contribution in [3.05, 3.63) is 0 Å². The van der Waals surface area contributed by atoms with E-state index in [0.29, 0.717) is 13.0 Å². The summed E-state index contributed by atoms with van der Waals surface area (Å²) in [4.78, 5) is 11.5. The van der Waals surface area contributed by atoms with Gasteiger partial charge in [0.2, 0.25) is 0 Å². The van der Waals surface area contributed by atoms with Crippen LogP contribution in [0.5, 0.6) is 0 Å². The van der Waals surface area contributed by atoms with Gasteiger partial charge in [-0.05, 0) is 18.8 Å². The van der Waals surface area contributed by atoms with E-state index in [0.717, 1.165) is 31.6 Å². The molecule has 0 N–H and O–H groups in total. The third-order valence-electron chi connectivity index (χ3n) is 5.55. The third-order valence-corrected chi connectivity index (χ3v) is 5.55. The molecule has 0 aromatic carbocycles. The summed E-state index contributed by atoms with van der Waals surface area (Å²) in [6, 6.07) is 0. The maximum absolute atomic E-state index is 11.5. The minimum Gasteiger partial charge on any atom is -0.466 e. The van der Waals surface area contributed by atoms with E-state index in [1.54, 1.807) is 0 Å². The van der Waals surface area contributed by atoms with Gasteiger partial charge in [-0.3, -0.25) is 4.79 Å². The van der Waals surface area contributed by atoms with Crippen LogP contribution in [0.2, 0.25) is 0 Å². The molecule has 0 aliphatic carbocycles. The van der Waals surface area contributed by atoms with Crippen LogP contribution in [0.25, 0.3) is 0 Å². The van der Waals surface area contributed by atoms with E-state index < -0.39 is 0 Å². The molecule has 0 saturated heterocycles. The van der Waals surface area contributed by atoms with Gasteiger partial charge < -0.3 is 4.74 Å². The molecule has 0 radical (unpaired) electrons. The Morgan fingerprint density at radius 1 is 0.654 bits per heavy atom. The first-order valence-corrected chi connectivity index (χ1v) is 11.9. The molecule has 0 aliphatic rings. The molecule has 0 aromatic rings. The molecule has 2 heteroatoms. The lowest BCUT2D eigenvalue weighted by atomic mass is 9.92. The zero-order chi connectivity index (χ0) is 19.3. The lowest BCUT2D eigenvalue weighted by Crippen LogP contribution is -2.05. The van der Waals surface area contributed by atoms with Crippen molar-refractivity contribution in [2.75, 3.05) is 6.61 Å². The summed E-state index contributed by atoms with van der Waals surface area (Å²) in [5.41, 5.74) is 0. The molecule has 0 rings (SSSR count). The molecule has 0 heterocycles. The van der Waals surface area contributed by atoms with E-state index in [1.165, 1.54) is 83.5 Å². The molecule has 0 aliphatic heterocycles. The first-order valence-electron chi connectivity index (χ1n) is 11.9. The van der Waals surface area contributed by atoms with Crippen molar-refractivity contribution in [3.8, 4) is 0 Å². The Hall–Kier alpha value is -0.530. The Balaban J connectivity index is 3.30. The first-order chi connectivity index (χ1) is 12.7. The molecular formula is C24H48O2. The van der Waals surface area contributed by atoms with E-state index in [9.17, 15) is 4.79 Å². The largest absolute Gasteiger partial charge is 0.466 e. The van der Waals surface area contributed by atoms with Crippen LogP contribution in [0.3, 0.4) is 0 Å². The number of ether oxygens (including phenoxy) is 1. The molecule has 0 aromatic heterocycles.